The molecule has 0 aromatic heterocycles. The molecule has 0 aliphatic rings. The van der Waals surface area contributed by atoms with E-state index in [1.54, 1.807) is 11.8 Å². The van der Waals surface area contributed by atoms with E-state index in [1.807, 2.05) is 20.8 Å². The zero-order chi connectivity index (χ0) is 7.49. The van der Waals surface area contributed by atoms with Gasteiger partial charge in [-0.2, -0.15) is 11.8 Å². The molecule has 0 aromatic carbocycles. The second-order valence-corrected chi connectivity index (χ2v) is 4.37. The molecule has 9 heavy (non-hydrogen) atoms. The summed E-state index contributed by atoms with van der Waals surface area (Å²) < 4.78 is 0. The molecule has 0 spiro atoms. The van der Waals surface area contributed by atoms with E-state index in [9.17, 15) is 5.11 Å². The van der Waals surface area contributed by atoms with Crippen LogP contribution in [0.25, 0.3) is 0 Å². The first-order valence-electron chi connectivity index (χ1n) is 3.32. The first kappa shape index (κ1) is 9.31. The van der Waals surface area contributed by atoms with E-state index in [1.165, 1.54) is 0 Å². The highest BCUT2D eigenvalue weighted by atomic mass is 32.2. The Bertz CT molecular complexity index is 75.5. The third kappa shape index (κ3) is 3.82. The van der Waals surface area contributed by atoms with Gasteiger partial charge in [0.05, 0.1) is 5.60 Å². The number of aliphatic hydroxyl groups is 1. The average molecular weight is 148 g/mol. The first-order valence-corrected chi connectivity index (χ1v) is 4.37. The van der Waals surface area contributed by atoms with Gasteiger partial charge >= 0.3 is 0 Å². The highest BCUT2D eigenvalue weighted by molar-refractivity contribution is 7.99. The minimum atomic E-state index is -0.527. The van der Waals surface area contributed by atoms with E-state index in [-0.39, 0.29) is 0 Å². The fourth-order valence-corrected chi connectivity index (χ4v) is 1.36. The van der Waals surface area contributed by atoms with E-state index in [0.717, 1.165) is 5.75 Å². The molecule has 0 heterocycles. The van der Waals surface area contributed by atoms with Gasteiger partial charge in [-0.1, -0.05) is 13.8 Å². The van der Waals surface area contributed by atoms with Crippen molar-refractivity contribution in [2.45, 2.75) is 38.5 Å². The minimum absolute atomic E-state index is 0.336. The van der Waals surface area contributed by atoms with Crippen LogP contribution in [0.1, 0.15) is 27.7 Å². The van der Waals surface area contributed by atoms with Crippen LogP contribution >= 0.6 is 11.8 Å². The maximum Gasteiger partial charge on any atom is 0.0707 e. The predicted octanol–water partition coefficient (Wildman–Crippen LogP) is 1.90. The second-order valence-electron chi connectivity index (χ2n) is 2.75. The van der Waals surface area contributed by atoms with Gasteiger partial charge in [0.2, 0.25) is 0 Å². The first-order chi connectivity index (χ1) is 3.98. The van der Waals surface area contributed by atoms with Crippen molar-refractivity contribution >= 4 is 11.8 Å². The SMILES string of the molecule is CCS[C@@H](C)C(C)(C)O. The molecule has 0 fully saturated rings. The van der Waals surface area contributed by atoms with Gasteiger partial charge in [0.1, 0.15) is 0 Å². The maximum absolute atomic E-state index is 9.40. The van der Waals surface area contributed by atoms with E-state index in [2.05, 4.69) is 6.92 Å². The molecule has 0 aliphatic carbocycles. The van der Waals surface area contributed by atoms with Crippen LogP contribution in [0, 0.1) is 0 Å². The normalized spacial score (nSPS) is 15.7. The Morgan fingerprint density at radius 3 is 2.11 bits per heavy atom. The Labute approximate surface area is 61.8 Å². The minimum Gasteiger partial charge on any atom is -0.389 e. The fourth-order valence-electron chi connectivity index (χ4n) is 0.454. The molecule has 0 saturated heterocycles. The van der Waals surface area contributed by atoms with Gasteiger partial charge in [-0.05, 0) is 19.6 Å². The molecule has 0 radical (unpaired) electrons. The molecule has 1 atom stereocenters. The average Bonchev–Trinajstić information content (AvgIpc) is 1.64. The molecule has 0 rings (SSSR count). The van der Waals surface area contributed by atoms with Crippen molar-refractivity contribution in [3.05, 3.63) is 0 Å². The van der Waals surface area contributed by atoms with Crippen molar-refractivity contribution in [1.29, 1.82) is 0 Å². The zero-order valence-corrected chi connectivity index (χ0v) is 7.46. The Kier molecular flexibility index (Phi) is 3.59. The third-order valence-corrected chi connectivity index (χ3v) is 2.82. The van der Waals surface area contributed by atoms with Crippen LogP contribution in [0.15, 0.2) is 0 Å². The smallest absolute Gasteiger partial charge is 0.0707 e. The zero-order valence-electron chi connectivity index (χ0n) is 6.64. The maximum atomic E-state index is 9.40. The number of hydrogen-bond donors (Lipinski definition) is 1. The van der Waals surface area contributed by atoms with E-state index in [0.29, 0.717) is 5.25 Å². The highest BCUT2D eigenvalue weighted by Crippen LogP contribution is 2.21. The summed E-state index contributed by atoms with van der Waals surface area (Å²) in [6.45, 7) is 7.85. The highest BCUT2D eigenvalue weighted by Gasteiger charge is 2.21. The standard InChI is InChI=1S/C7H16OS/c1-5-9-6(2)7(3,4)8/h6,8H,5H2,1-4H3/t6-/m0/s1. The lowest BCUT2D eigenvalue weighted by molar-refractivity contribution is 0.0824. The van der Waals surface area contributed by atoms with Gasteiger partial charge in [0.15, 0.2) is 0 Å². The van der Waals surface area contributed by atoms with Gasteiger partial charge in [-0.3, -0.25) is 0 Å². The number of hydrogen-bond acceptors (Lipinski definition) is 2. The summed E-state index contributed by atoms with van der Waals surface area (Å²) in [5.74, 6) is 1.07. The van der Waals surface area contributed by atoms with Crippen molar-refractivity contribution in [2.75, 3.05) is 5.75 Å². The monoisotopic (exact) mass is 148 g/mol. The van der Waals surface area contributed by atoms with Crippen LogP contribution in [0.5, 0.6) is 0 Å². The Balaban J connectivity index is 3.59. The molecule has 0 amide bonds. The van der Waals surface area contributed by atoms with Crippen LogP contribution in [0.2, 0.25) is 0 Å². The van der Waals surface area contributed by atoms with Crippen LogP contribution in [-0.2, 0) is 0 Å². The topological polar surface area (TPSA) is 20.2 Å². The van der Waals surface area contributed by atoms with Crippen molar-refractivity contribution in [1.82, 2.24) is 0 Å². The van der Waals surface area contributed by atoms with Crippen molar-refractivity contribution in [3.63, 3.8) is 0 Å². The molecule has 0 saturated carbocycles. The van der Waals surface area contributed by atoms with Gasteiger partial charge in [-0.25, -0.2) is 0 Å². The van der Waals surface area contributed by atoms with Crippen molar-refractivity contribution in [3.8, 4) is 0 Å². The van der Waals surface area contributed by atoms with Crippen LogP contribution in [-0.4, -0.2) is 21.7 Å². The summed E-state index contributed by atoms with van der Waals surface area (Å²) in [7, 11) is 0. The lowest BCUT2D eigenvalue weighted by Gasteiger charge is -2.24. The van der Waals surface area contributed by atoms with Crippen LogP contribution in [0.3, 0.4) is 0 Å². The molecular weight excluding hydrogens is 132 g/mol. The molecule has 0 aromatic rings. The molecule has 0 unspecified atom stereocenters. The van der Waals surface area contributed by atoms with Gasteiger partial charge < -0.3 is 5.11 Å². The molecule has 56 valence electrons. The molecule has 0 bridgehead atoms. The summed E-state index contributed by atoms with van der Waals surface area (Å²) in [6, 6.07) is 0. The van der Waals surface area contributed by atoms with E-state index < -0.39 is 5.60 Å². The quantitative estimate of drug-likeness (QED) is 0.659. The number of rotatable bonds is 3. The number of thioether (sulfide) groups is 1. The largest absolute Gasteiger partial charge is 0.389 e. The molecular formula is C7H16OS. The van der Waals surface area contributed by atoms with Crippen molar-refractivity contribution in [2.24, 2.45) is 0 Å². The van der Waals surface area contributed by atoms with Gasteiger partial charge in [-0.15, -0.1) is 0 Å². The Morgan fingerprint density at radius 1 is 1.56 bits per heavy atom. The summed E-state index contributed by atoms with van der Waals surface area (Å²) >= 11 is 1.79. The van der Waals surface area contributed by atoms with Gasteiger partial charge in [0.25, 0.3) is 0 Å². The van der Waals surface area contributed by atoms with E-state index in [4.69, 9.17) is 0 Å². The molecule has 1 N–H and O–H groups in total. The van der Waals surface area contributed by atoms with Crippen LogP contribution < -0.4 is 0 Å². The fraction of sp³-hybridized carbons (Fsp3) is 1.00. The predicted molar refractivity (Wildman–Crippen MR) is 43.9 cm³/mol. The second kappa shape index (κ2) is 3.47. The van der Waals surface area contributed by atoms with Gasteiger partial charge in [0, 0.05) is 5.25 Å². The lowest BCUT2D eigenvalue weighted by atomic mass is 10.1. The van der Waals surface area contributed by atoms with Crippen LogP contribution in [0.4, 0.5) is 0 Å². The summed E-state index contributed by atoms with van der Waals surface area (Å²) in [4.78, 5) is 0. The van der Waals surface area contributed by atoms with Crippen molar-refractivity contribution < 1.29 is 5.11 Å². The molecule has 1 nitrogen and oxygen atoms in total. The Hall–Kier alpha value is 0.310. The Morgan fingerprint density at radius 2 is 2.00 bits per heavy atom. The third-order valence-electron chi connectivity index (χ3n) is 1.41. The molecule has 0 aliphatic heterocycles. The van der Waals surface area contributed by atoms with E-state index >= 15 is 0 Å². The summed E-state index contributed by atoms with van der Waals surface area (Å²) in [5, 5.41) is 9.73. The summed E-state index contributed by atoms with van der Waals surface area (Å²) in [6.07, 6.45) is 0. The lowest BCUT2D eigenvalue weighted by Crippen LogP contribution is -2.30. The summed E-state index contributed by atoms with van der Waals surface area (Å²) in [5.41, 5.74) is -0.527. The molecule has 2 heteroatoms.